The normalized spacial score (nSPS) is 13.8. The molecule has 1 atom stereocenters. The van der Waals surface area contributed by atoms with E-state index in [1.54, 1.807) is 42.9 Å². The minimum Gasteiger partial charge on any atom is -0.387 e. The molecule has 8 heteroatoms. The van der Waals surface area contributed by atoms with Crippen molar-refractivity contribution < 1.29 is 14.7 Å². The van der Waals surface area contributed by atoms with Crippen molar-refractivity contribution in [3.63, 3.8) is 0 Å². The van der Waals surface area contributed by atoms with Crippen LogP contribution in [-0.2, 0) is 4.79 Å². The Morgan fingerprint density at radius 3 is 2.48 bits per heavy atom. The standard InChI is InChI=1S/C23H26N4O3S/c1-16(2)17-6-4-7-18(14-17)26-22(30)20-8-5-11-25-23(20)31(3,27-21(29)15-28)19-9-12-24-13-10-19/h4-14,16,28H,15H2,1-3H3,(H,26,30)(H,27,29). The molecule has 0 aliphatic heterocycles. The summed E-state index contributed by atoms with van der Waals surface area (Å²) in [5.74, 6) is -0.537. The number of carbonyl (C=O) groups excluding carboxylic acids is 2. The maximum absolute atomic E-state index is 13.2. The fraction of sp³-hybridized carbons (Fsp3) is 0.217. The summed E-state index contributed by atoms with van der Waals surface area (Å²) >= 11 is 0. The molecule has 0 aliphatic rings. The van der Waals surface area contributed by atoms with Crippen LogP contribution in [-0.4, -0.2) is 39.8 Å². The van der Waals surface area contributed by atoms with Gasteiger partial charge in [0.25, 0.3) is 11.8 Å². The Kier molecular flexibility index (Phi) is 7.04. The van der Waals surface area contributed by atoms with E-state index in [1.807, 2.05) is 30.5 Å². The molecule has 162 valence electrons. The number of hydrogen-bond donors (Lipinski definition) is 3. The molecule has 3 rings (SSSR count). The number of hydrogen-bond acceptors (Lipinski definition) is 5. The molecule has 2 amide bonds. The van der Waals surface area contributed by atoms with Crippen LogP contribution < -0.4 is 10.0 Å². The molecule has 0 fully saturated rings. The second kappa shape index (κ2) is 9.72. The van der Waals surface area contributed by atoms with Gasteiger partial charge in [-0.3, -0.25) is 14.6 Å². The number of pyridine rings is 2. The predicted molar refractivity (Wildman–Crippen MR) is 122 cm³/mol. The summed E-state index contributed by atoms with van der Waals surface area (Å²) in [6.45, 7) is 3.52. The molecule has 0 aliphatic carbocycles. The number of amides is 2. The van der Waals surface area contributed by atoms with Gasteiger partial charge in [-0.05, 0) is 54.1 Å². The summed E-state index contributed by atoms with van der Waals surface area (Å²) in [4.78, 5) is 34.7. The van der Waals surface area contributed by atoms with Gasteiger partial charge in [-0.1, -0.05) is 36.2 Å². The maximum Gasteiger partial charge on any atom is 0.258 e. The van der Waals surface area contributed by atoms with Crippen LogP contribution in [0.15, 0.2) is 77.0 Å². The van der Waals surface area contributed by atoms with E-state index in [-0.39, 0.29) is 5.91 Å². The number of aromatic nitrogens is 2. The molecule has 1 unspecified atom stereocenters. The highest BCUT2D eigenvalue weighted by molar-refractivity contribution is 8.32. The molecule has 7 nitrogen and oxygen atoms in total. The lowest BCUT2D eigenvalue weighted by Gasteiger charge is -2.37. The largest absolute Gasteiger partial charge is 0.387 e. The summed E-state index contributed by atoms with van der Waals surface area (Å²) in [5, 5.41) is 12.7. The summed E-state index contributed by atoms with van der Waals surface area (Å²) in [6, 6.07) is 14.6. The number of anilines is 1. The molecule has 3 N–H and O–H groups in total. The Morgan fingerprint density at radius 2 is 1.81 bits per heavy atom. The molecule has 3 aromatic rings. The Labute approximate surface area is 183 Å². The number of rotatable bonds is 7. The van der Waals surface area contributed by atoms with Crippen LogP contribution in [0.5, 0.6) is 0 Å². The molecule has 0 saturated heterocycles. The lowest BCUT2D eigenvalue weighted by Crippen LogP contribution is -2.31. The lowest BCUT2D eigenvalue weighted by molar-refractivity contribution is -0.121. The molecule has 2 heterocycles. The first-order chi connectivity index (χ1) is 14.8. The molecule has 0 spiro atoms. The molecule has 0 radical (unpaired) electrons. The number of benzene rings is 1. The Balaban J connectivity index is 2.03. The van der Waals surface area contributed by atoms with Gasteiger partial charge in [-0.2, -0.15) is 0 Å². The quantitative estimate of drug-likeness (QED) is 0.521. The third-order valence-electron chi connectivity index (χ3n) is 4.80. The van der Waals surface area contributed by atoms with Crippen molar-refractivity contribution >= 4 is 27.7 Å². The van der Waals surface area contributed by atoms with E-state index in [2.05, 4.69) is 33.9 Å². The first-order valence-corrected chi connectivity index (χ1v) is 11.9. The number of aliphatic hydroxyl groups is 1. The molecule has 0 bridgehead atoms. The summed E-state index contributed by atoms with van der Waals surface area (Å²) in [7, 11) is -2.27. The zero-order valence-corrected chi connectivity index (χ0v) is 18.5. The van der Waals surface area contributed by atoms with Crippen LogP contribution in [0, 0.1) is 0 Å². The van der Waals surface area contributed by atoms with Gasteiger partial charge >= 0.3 is 0 Å². The Bertz CT molecular complexity index is 1080. The van der Waals surface area contributed by atoms with E-state index in [1.165, 1.54) is 0 Å². The van der Waals surface area contributed by atoms with Crippen LogP contribution >= 0.6 is 10.2 Å². The predicted octanol–water partition coefficient (Wildman–Crippen LogP) is 3.73. The molecule has 0 saturated carbocycles. The van der Waals surface area contributed by atoms with Crippen molar-refractivity contribution in [2.45, 2.75) is 29.7 Å². The number of nitrogens with one attached hydrogen (secondary N) is 2. The number of nitrogens with zero attached hydrogens (tertiary/aromatic N) is 2. The summed E-state index contributed by atoms with van der Waals surface area (Å²) in [5.41, 5.74) is 2.16. The molecular formula is C23H26N4O3S. The highest BCUT2D eigenvalue weighted by Gasteiger charge is 2.31. The second-order valence-corrected chi connectivity index (χ2v) is 10.3. The zero-order chi connectivity index (χ0) is 22.4. The van der Waals surface area contributed by atoms with Crippen molar-refractivity contribution in [1.29, 1.82) is 0 Å². The van der Waals surface area contributed by atoms with Crippen LogP contribution in [0.4, 0.5) is 5.69 Å². The van der Waals surface area contributed by atoms with Gasteiger partial charge in [0.2, 0.25) is 0 Å². The average molecular weight is 439 g/mol. The highest BCUT2D eigenvalue weighted by atomic mass is 32.3. The van der Waals surface area contributed by atoms with Crippen molar-refractivity contribution in [3.8, 4) is 0 Å². The third-order valence-corrected chi connectivity index (χ3v) is 7.75. The van der Waals surface area contributed by atoms with Gasteiger partial charge in [0.05, 0.1) is 5.56 Å². The third kappa shape index (κ3) is 5.10. The Hall–Kier alpha value is -3.23. The molecule has 31 heavy (non-hydrogen) atoms. The van der Waals surface area contributed by atoms with E-state index in [9.17, 15) is 14.7 Å². The number of aliphatic hydroxyl groups excluding tert-OH is 1. The van der Waals surface area contributed by atoms with E-state index in [0.29, 0.717) is 22.2 Å². The molecular weight excluding hydrogens is 412 g/mol. The molecule has 2 aromatic heterocycles. The minimum absolute atomic E-state index is 0.324. The van der Waals surface area contributed by atoms with Crippen molar-refractivity contribution in [3.05, 3.63) is 78.2 Å². The van der Waals surface area contributed by atoms with Gasteiger partial charge < -0.3 is 15.1 Å². The van der Waals surface area contributed by atoms with Gasteiger partial charge in [-0.25, -0.2) is 4.98 Å². The van der Waals surface area contributed by atoms with Crippen LogP contribution in [0.25, 0.3) is 0 Å². The van der Waals surface area contributed by atoms with Gasteiger partial charge in [0.1, 0.15) is 11.6 Å². The van der Waals surface area contributed by atoms with Crippen LogP contribution in [0.1, 0.15) is 35.7 Å². The smallest absolute Gasteiger partial charge is 0.258 e. The fourth-order valence-corrected chi connectivity index (χ4v) is 5.65. The van der Waals surface area contributed by atoms with Crippen LogP contribution in [0.2, 0.25) is 0 Å². The van der Waals surface area contributed by atoms with Crippen molar-refractivity contribution in [2.24, 2.45) is 0 Å². The Morgan fingerprint density at radius 1 is 1.06 bits per heavy atom. The first kappa shape index (κ1) is 22.5. The maximum atomic E-state index is 13.2. The fourth-order valence-electron chi connectivity index (χ4n) is 3.15. The van der Waals surface area contributed by atoms with Crippen LogP contribution in [0.3, 0.4) is 0 Å². The van der Waals surface area contributed by atoms with Crippen molar-refractivity contribution in [2.75, 3.05) is 18.2 Å². The van der Waals surface area contributed by atoms with Gasteiger partial charge in [0, 0.05) is 29.2 Å². The van der Waals surface area contributed by atoms with Gasteiger partial charge in [-0.15, -0.1) is 0 Å². The second-order valence-electron chi connectivity index (χ2n) is 7.38. The van der Waals surface area contributed by atoms with E-state index >= 15 is 0 Å². The zero-order valence-electron chi connectivity index (χ0n) is 17.7. The summed E-state index contributed by atoms with van der Waals surface area (Å²) in [6.07, 6.45) is 6.65. The lowest BCUT2D eigenvalue weighted by atomic mass is 10.0. The van der Waals surface area contributed by atoms with Crippen molar-refractivity contribution in [1.82, 2.24) is 14.7 Å². The van der Waals surface area contributed by atoms with E-state index in [4.69, 9.17) is 0 Å². The highest BCUT2D eigenvalue weighted by Crippen LogP contribution is 2.56. The van der Waals surface area contributed by atoms with Gasteiger partial charge in [0.15, 0.2) is 0 Å². The minimum atomic E-state index is -2.27. The summed E-state index contributed by atoms with van der Waals surface area (Å²) < 4.78 is 2.88. The van der Waals surface area contributed by atoms with E-state index in [0.717, 1.165) is 10.5 Å². The first-order valence-electron chi connectivity index (χ1n) is 9.81. The topological polar surface area (TPSA) is 104 Å². The SMILES string of the molecule is CC(C)c1cccc(NC(=O)c2cccnc2S(C)(NC(=O)CO)c2ccncc2)c1. The monoisotopic (exact) mass is 438 g/mol. The van der Waals surface area contributed by atoms with E-state index < -0.39 is 22.7 Å². The molecule has 1 aromatic carbocycles. The average Bonchev–Trinajstić information content (AvgIpc) is 2.79. The number of carbonyl (C=O) groups is 2.